The van der Waals surface area contributed by atoms with Crippen LogP contribution in [0.1, 0.15) is 12.8 Å². The van der Waals surface area contributed by atoms with Crippen molar-refractivity contribution >= 4 is 23.8 Å². The van der Waals surface area contributed by atoms with E-state index >= 15 is 0 Å². The number of nitrogens with zero attached hydrogens (tertiary/aromatic N) is 1. The zero-order valence-corrected chi connectivity index (χ0v) is 9.40. The maximum Gasteiger partial charge on any atom is 0.320 e. The van der Waals surface area contributed by atoms with Gasteiger partial charge >= 0.3 is 17.9 Å². The minimum absolute atomic E-state index is 0.245. The molecule has 0 bridgehead atoms. The fourth-order valence-corrected chi connectivity index (χ4v) is 1.36. The summed E-state index contributed by atoms with van der Waals surface area (Å²) in [6.45, 7) is -1.50. The molecule has 102 valence electrons. The Kier molecular flexibility index (Phi) is 6.35. The first-order valence-corrected chi connectivity index (χ1v) is 4.92. The van der Waals surface area contributed by atoms with Crippen LogP contribution in [0.15, 0.2) is 0 Å². The van der Waals surface area contributed by atoms with Crippen LogP contribution >= 0.6 is 0 Å². The van der Waals surface area contributed by atoms with E-state index in [0.717, 1.165) is 4.90 Å². The number of nitrogens with two attached hydrogens (primary N) is 1. The van der Waals surface area contributed by atoms with Crippen LogP contribution in [0.25, 0.3) is 0 Å². The van der Waals surface area contributed by atoms with E-state index < -0.39 is 42.9 Å². The number of rotatable bonds is 9. The molecule has 0 saturated carbocycles. The Labute approximate surface area is 102 Å². The van der Waals surface area contributed by atoms with Crippen LogP contribution in [0.3, 0.4) is 0 Å². The van der Waals surface area contributed by atoms with E-state index in [-0.39, 0.29) is 12.8 Å². The highest BCUT2D eigenvalue weighted by Gasteiger charge is 2.29. The number of primary amides is 1. The number of hydrogen-bond acceptors (Lipinski definition) is 5. The molecule has 0 saturated heterocycles. The Morgan fingerprint density at radius 1 is 1.00 bits per heavy atom. The topological polar surface area (TPSA) is 158 Å². The van der Waals surface area contributed by atoms with E-state index in [1.54, 1.807) is 0 Å². The zero-order valence-electron chi connectivity index (χ0n) is 9.40. The standard InChI is InChI=1S/C9H14N2O7/c10-6(12)2-1-5(9(17)18)11(3-7(13)14)4-8(15)16/h5H,1-4H2,(H2,10,12)(H,13,14)(H,15,16)(H,17,18)/t5-/m0/s1. The number of carbonyl (C=O) groups is 4. The number of amides is 1. The minimum Gasteiger partial charge on any atom is -0.480 e. The average molecular weight is 262 g/mol. The molecular weight excluding hydrogens is 248 g/mol. The lowest BCUT2D eigenvalue weighted by Gasteiger charge is -2.25. The van der Waals surface area contributed by atoms with Crippen LogP contribution in [0.5, 0.6) is 0 Å². The van der Waals surface area contributed by atoms with E-state index in [1.807, 2.05) is 0 Å². The van der Waals surface area contributed by atoms with Crippen molar-refractivity contribution in [3.05, 3.63) is 0 Å². The van der Waals surface area contributed by atoms with E-state index in [1.165, 1.54) is 0 Å². The maximum atomic E-state index is 10.9. The van der Waals surface area contributed by atoms with E-state index in [4.69, 9.17) is 21.1 Å². The smallest absolute Gasteiger partial charge is 0.320 e. The fraction of sp³-hybridized carbons (Fsp3) is 0.556. The van der Waals surface area contributed by atoms with Gasteiger partial charge in [-0.2, -0.15) is 0 Å². The lowest BCUT2D eigenvalue weighted by Crippen LogP contribution is -2.46. The molecule has 0 heterocycles. The molecule has 0 aromatic rings. The Balaban J connectivity index is 4.83. The van der Waals surface area contributed by atoms with Crippen molar-refractivity contribution in [2.24, 2.45) is 5.73 Å². The van der Waals surface area contributed by atoms with Crippen molar-refractivity contribution in [2.75, 3.05) is 13.1 Å². The molecule has 5 N–H and O–H groups in total. The molecule has 0 aliphatic rings. The molecule has 9 nitrogen and oxygen atoms in total. The predicted octanol–water partition coefficient (Wildman–Crippen LogP) is -1.82. The van der Waals surface area contributed by atoms with Gasteiger partial charge in [-0.15, -0.1) is 0 Å². The van der Waals surface area contributed by atoms with Crippen molar-refractivity contribution in [1.82, 2.24) is 4.90 Å². The molecule has 0 rings (SSSR count). The molecule has 1 atom stereocenters. The summed E-state index contributed by atoms with van der Waals surface area (Å²) < 4.78 is 0. The quantitative estimate of drug-likeness (QED) is 0.378. The Hall–Kier alpha value is -2.16. The summed E-state index contributed by atoms with van der Waals surface area (Å²) in [6, 6.07) is -1.38. The highest BCUT2D eigenvalue weighted by molar-refractivity contribution is 5.79. The number of hydrogen-bond donors (Lipinski definition) is 4. The molecule has 0 radical (unpaired) electrons. The lowest BCUT2D eigenvalue weighted by atomic mass is 10.1. The second kappa shape index (κ2) is 7.22. The Morgan fingerprint density at radius 3 is 1.72 bits per heavy atom. The second-order valence-corrected chi connectivity index (χ2v) is 3.55. The Morgan fingerprint density at radius 2 is 1.44 bits per heavy atom. The fourth-order valence-electron chi connectivity index (χ4n) is 1.36. The lowest BCUT2D eigenvalue weighted by molar-refractivity contribution is -0.149. The van der Waals surface area contributed by atoms with Gasteiger partial charge in [-0.3, -0.25) is 24.1 Å². The van der Waals surface area contributed by atoms with Gasteiger partial charge in [0.25, 0.3) is 0 Å². The molecular formula is C9H14N2O7. The second-order valence-electron chi connectivity index (χ2n) is 3.55. The number of carboxylic acids is 3. The van der Waals surface area contributed by atoms with Crippen molar-refractivity contribution in [2.45, 2.75) is 18.9 Å². The number of carboxylic acid groups (broad SMARTS) is 3. The third-order valence-electron chi connectivity index (χ3n) is 2.07. The van der Waals surface area contributed by atoms with Crippen molar-refractivity contribution in [1.29, 1.82) is 0 Å². The van der Waals surface area contributed by atoms with Gasteiger partial charge in [0, 0.05) is 6.42 Å². The van der Waals surface area contributed by atoms with E-state index in [9.17, 15) is 19.2 Å². The third-order valence-corrected chi connectivity index (χ3v) is 2.07. The predicted molar refractivity (Wildman–Crippen MR) is 56.7 cm³/mol. The summed E-state index contributed by atoms with van der Waals surface area (Å²) >= 11 is 0. The van der Waals surface area contributed by atoms with Gasteiger partial charge < -0.3 is 21.1 Å². The van der Waals surface area contributed by atoms with Gasteiger partial charge in [-0.05, 0) is 6.42 Å². The van der Waals surface area contributed by atoms with E-state index in [0.29, 0.717) is 0 Å². The minimum atomic E-state index is -1.40. The molecule has 0 unspecified atom stereocenters. The van der Waals surface area contributed by atoms with Gasteiger partial charge in [0.2, 0.25) is 5.91 Å². The summed E-state index contributed by atoms with van der Waals surface area (Å²) in [5.74, 6) is -4.87. The Bertz CT molecular complexity index is 339. The van der Waals surface area contributed by atoms with E-state index in [2.05, 4.69) is 0 Å². The highest BCUT2D eigenvalue weighted by Crippen LogP contribution is 2.07. The first-order chi connectivity index (χ1) is 8.23. The summed E-state index contributed by atoms with van der Waals surface area (Å²) in [7, 11) is 0. The average Bonchev–Trinajstić information content (AvgIpc) is 2.14. The third kappa shape index (κ3) is 6.43. The van der Waals surface area contributed by atoms with Crippen molar-refractivity contribution < 1.29 is 34.5 Å². The van der Waals surface area contributed by atoms with Crippen LogP contribution in [0, 0.1) is 0 Å². The highest BCUT2D eigenvalue weighted by atomic mass is 16.4. The van der Waals surface area contributed by atoms with Gasteiger partial charge in [0.1, 0.15) is 6.04 Å². The van der Waals surface area contributed by atoms with Crippen molar-refractivity contribution in [3.63, 3.8) is 0 Å². The van der Waals surface area contributed by atoms with Crippen LogP contribution in [0.4, 0.5) is 0 Å². The molecule has 0 aliphatic carbocycles. The summed E-state index contributed by atoms with van der Waals surface area (Å²) in [6.07, 6.45) is -0.516. The zero-order chi connectivity index (χ0) is 14.3. The molecule has 0 aromatic carbocycles. The van der Waals surface area contributed by atoms with Gasteiger partial charge in [-0.1, -0.05) is 0 Å². The molecule has 0 spiro atoms. The van der Waals surface area contributed by atoms with Crippen LogP contribution in [0.2, 0.25) is 0 Å². The molecule has 0 fully saturated rings. The number of carbonyl (C=O) groups excluding carboxylic acids is 1. The summed E-state index contributed by atoms with van der Waals surface area (Å²) in [5, 5.41) is 26.1. The van der Waals surface area contributed by atoms with Crippen LogP contribution in [-0.2, 0) is 19.2 Å². The summed E-state index contributed by atoms with van der Waals surface area (Å²) in [4.78, 5) is 43.3. The van der Waals surface area contributed by atoms with Gasteiger partial charge in [-0.25, -0.2) is 0 Å². The SMILES string of the molecule is NC(=O)CC[C@@H](C(=O)O)N(CC(=O)O)CC(=O)O. The molecule has 0 aromatic heterocycles. The van der Waals surface area contributed by atoms with Crippen molar-refractivity contribution in [3.8, 4) is 0 Å². The largest absolute Gasteiger partial charge is 0.480 e. The van der Waals surface area contributed by atoms with Gasteiger partial charge in [0.15, 0.2) is 0 Å². The number of aliphatic carboxylic acids is 3. The maximum absolute atomic E-state index is 10.9. The molecule has 0 aliphatic heterocycles. The molecule has 18 heavy (non-hydrogen) atoms. The molecule has 9 heteroatoms. The van der Waals surface area contributed by atoms with Crippen LogP contribution in [-0.4, -0.2) is 63.2 Å². The van der Waals surface area contributed by atoms with Gasteiger partial charge in [0.05, 0.1) is 13.1 Å². The first kappa shape index (κ1) is 15.8. The molecule has 1 amide bonds. The monoisotopic (exact) mass is 262 g/mol. The first-order valence-electron chi connectivity index (χ1n) is 4.92. The summed E-state index contributed by atoms with van der Waals surface area (Å²) in [5.41, 5.74) is 4.86. The normalized spacial score (nSPS) is 12.1. The van der Waals surface area contributed by atoms with Crippen LogP contribution < -0.4 is 5.73 Å².